The molecule has 0 aliphatic carbocycles. The standard InChI is InChI=1S/C15H23NO3/c1-17-14-5-4-6-15(13-14)19-10-3-2-7-16-8-11-18-12-9-16/h4-6,13H,2-3,7-12H2,1H3. The lowest BCUT2D eigenvalue weighted by Gasteiger charge is -2.26. The monoisotopic (exact) mass is 265 g/mol. The van der Waals surface area contributed by atoms with Crippen molar-refractivity contribution in [2.75, 3.05) is 46.6 Å². The molecule has 106 valence electrons. The van der Waals surface area contributed by atoms with E-state index in [-0.39, 0.29) is 0 Å². The minimum absolute atomic E-state index is 0.761. The van der Waals surface area contributed by atoms with Crippen LogP contribution in [0.15, 0.2) is 24.3 Å². The molecule has 1 heterocycles. The molecule has 1 saturated heterocycles. The van der Waals surface area contributed by atoms with Crippen LogP contribution >= 0.6 is 0 Å². The van der Waals surface area contributed by atoms with E-state index in [1.165, 1.54) is 6.42 Å². The van der Waals surface area contributed by atoms with E-state index in [0.29, 0.717) is 0 Å². The molecule has 0 N–H and O–H groups in total. The molecule has 0 unspecified atom stereocenters. The van der Waals surface area contributed by atoms with E-state index in [2.05, 4.69) is 4.90 Å². The van der Waals surface area contributed by atoms with Crippen molar-refractivity contribution in [1.82, 2.24) is 4.90 Å². The summed E-state index contributed by atoms with van der Waals surface area (Å²) in [7, 11) is 1.67. The Labute approximate surface area is 115 Å². The van der Waals surface area contributed by atoms with Gasteiger partial charge in [0.25, 0.3) is 0 Å². The normalized spacial score (nSPS) is 16.3. The van der Waals surface area contributed by atoms with E-state index in [4.69, 9.17) is 14.2 Å². The van der Waals surface area contributed by atoms with Gasteiger partial charge in [0, 0.05) is 19.2 Å². The number of ether oxygens (including phenoxy) is 3. The molecule has 0 atom stereocenters. The largest absolute Gasteiger partial charge is 0.497 e. The van der Waals surface area contributed by atoms with Gasteiger partial charge in [-0.05, 0) is 31.5 Å². The lowest BCUT2D eigenvalue weighted by atomic mass is 10.3. The van der Waals surface area contributed by atoms with Crippen LogP contribution in [0.3, 0.4) is 0 Å². The first-order valence-electron chi connectivity index (χ1n) is 6.95. The Kier molecular flexibility index (Phi) is 5.98. The van der Waals surface area contributed by atoms with Crippen LogP contribution in [0, 0.1) is 0 Å². The maximum absolute atomic E-state index is 5.71. The van der Waals surface area contributed by atoms with Crippen LogP contribution in [0.25, 0.3) is 0 Å². The lowest BCUT2D eigenvalue weighted by molar-refractivity contribution is 0.0368. The number of unbranched alkanes of at least 4 members (excludes halogenated alkanes) is 1. The van der Waals surface area contributed by atoms with Crippen LogP contribution in [-0.2, 0) is 4.74 Å². The summed E-state index contributed by atoms with van der Waals surface area (Å²) in [5.41, 5.74) is 0. The first-order valence-corrected chi connectivity index (χ1v) is 6.95. The summed E-state index contributed by atoms with van der Waals surface area (Å²) in [4.78, 5) is 2.45. The first kappa shape index (κ1) is 14.2. The van der Waals surface area contributed by atoms with Gasteiger partial charge in [0.1, 0.15) is 11.5 Å². The highest BCUT2D eigenvalue weighted by Gasteiger charge is 2.08. The number of benzene rings is 1. The number of methoxy groups -OCH3 is 1. The quantitative estimate of drug-likeness (QED) is 0.707. The Balaban J connectivity index is 1.58. The predicted molar refractivity (Wildman–Crippen MR) is 75.0 cm³/mol. The van der Waals surface area contributed by atoms with Gasteiger partial charge in [-0.15, -0.1) is 0 Å². The molecule has 1 aromatic carbocycles. The molecule has 0 saturated carbocycles. The van der Waals surface area contributed by atoms with Crippen LogP contribution in [0.1, 0.15) is 12.8 Å². The molecule has 0 amide bonds. The average Bonchev–Trinajstić information content (AvgIpc) is 2.48. The number of hydrogen-bond acceptors (Lipinski definition) is 4. The Hall–Kier alpha value is -1.26. The Morgan fingerprint density at radius 1 is 1.16 bits per heavy atom. The molecule has 4 heteroatoms. The van der Waals surface area contributed by atoms with Gasteiger partial charge in [-0.3, -0.25) is 4.90 Å². The summed E-state index contributed by atoms with van der Waals surface area (Å²) in [6.45, 7) is 5.79. The Bertz CT molecular complexity index is 364. The maximum Gasteiger partial charge on any atom is 0.122 e. The highest BCUT2D eigenvalue weighted by atomic mass is 16.5. The second kappa shape index (κ2) is 8.02. The summed E-state index contributed by atoms with van der Waals surface area (Å²) in [6.07, 6.45) is 2.25. The van der Waals surface area contributed by atoms with Gasteiger partial charge in [0.05, 0.1) is 26.9 Å². The molecule has 19 heavy (non-hydrogen) atoms. The van der Waals surface area contributed by atoms with Crippen molar-refractivity contribution in [2.24, 2.45) is 0 Å². The zero-order chi connectivity index (χ0) is 13.3. The summed E-state index contributed by atoms with van der Waals surface area (Å²) in [6, 6.07) is 7.75. The minimum atomic E-state index is 0.761. The maximum atomic E-state index is 5.71. The van der Waals surface area contributed by atoms with E-state index >= 15 is 0 Å². The summed E-state index contributed by atoms with van der Waals surface area (Å²) >= 11 is 0. The van der Waals surface area contributed by atoms with Crippen LogP contribution in [0.2, 0.25) is 0 Å². The van der Waals surface area contributed by atoms with Gasteiger partial charge in [-0.1, -0.05) is 6.07 Å². The van der Waals surface area contributed by atoms with Crippen molar-refractivity contribution in [3.05, 3.63) is 24.3 Å². The molecule has 0 bridgehead atoms. The van der Waals surface area contributed by atoms with Crippen LogP contribution in [-0.4, -0.2) is 51.5 Å². The molecule has 1 fully saturated rings. The fourth-order valence-electron chi connectivity index (χ4n) is 2.14. The smallest absolute Gasteiger partial charge is 0.122 e. The van der Waals surface area contributed by atoms with E-state index in [1.54, 1.807) is 7.11 Å². The molecule has 1 aliphatic heterocycles. The van der Waals surface area contributed by atoms with Crippen LogP contribution in [0.5, 0.6) is 11.5 Å². The SMILES string of the molecule is COc1cccc(OCCCCN2CCOCC2)c1. The lowest BCUT2D eigenvalue weighted by Crippen LogP contribution is -2.36. The third-order valence-electron chi connectivity index (χ3n) is 3.28. The molecular weight excluding hydrogens is 242 g/mol. The average molecular weight is 265 g/mol. The molecule has 0 aromatic heterocycles. The van der Waals surface area contributed by atoms with Crippen molar-refractivity contribution < 1.29 is 14.2 Å². The third kappa shape index (κ3) is 5.09. The number of morpholine rings is 1. The number of rotatable bonds is 7. The second-order valence-corrected chi connectivity index (χ2v) is 4.69. The highest BCUT2D eigenvalue weighted by Crippen LogP contribution is 2.18. The predicted octanol–water partition coefficient (Wildman–Crippen LogP) is 2.19. The fourth-order valence-corrected chi connectivity index (χ4v) is 2.14. The minimum Gasteiger partial charge on any atom is -0.497 e. The van der Waals surface area contributed by atoms with Gasteiger partial charge in [0.2, 0.25) is 0 Å². The van der Waals surface area contributed by atoms with Gasteiger partial charge in [-0.2, -0.15) is 0 Å². The first-order chi connectivity index (χ1) is 9.38. The van der Waals surface area contributed by atoms with Crippen LogP contribution in [0.4, 0.5) is 0 Å². The zero-order valence-electron chi connectivity index (χ0n) is 11.6. The summed E-state index contributed by atoms with van der Waals surface area (Å²) in [5.74, 6) is 1.72. The van der Waals surface area contributed by atoms with Crippen LogP contribution < -0.4 is 9.47 Å². The summed E-state index contributed by atoms with van der Waals surface area (Å²) < 4.78 is 16.2. The van der Waals surface area contributed by atoms with Gasteiger partial charge < -0.3 is 14.2 Å². The molecule has 1 aliphatic rings. The van der Waals surface area contributed by atoms with Crippen molar-refractivity contribution >= 4 is 0 Å². The second-order valence-electron chi connectivity index (χ2n) is 4.69. The van der Waals surface area contributed by atoms with Gasteiger partial charge in [0.15, 0.2) is 0 Å². The van der Waals surface area contributed by atoms with Crippen molar-refractivity contribution in [1.29, 1.82) is 0 Å². The Morgan fingerprint density at radius 3 is 2.74 bits per heavy atom. The van der Waals surface area contributed by atoms with E-state index in [1.807, 2.05) is 24.3 Å². The van der Waals surface area contributed by atoms with E-state index in [9.17, 15) is 0 Å². The third-order valence-corrected chi connectivity index (χ3v) is 3.28. The molecule has 0 radical (unpaired) electrons. The van der Waals surface area contributed by atoms with Gasteiger partial charge in [-0.25, -0.2) is 0 Å². The van der Waals surface area contributed by atoms with E-state index < -0.39 is 0 Å². The van der Waals surface area contributed by atoms with Crippen molar-refractivity contribution in [3.63, 3.8) is 0 Å². The van der Waals surface area contributed by atoms with Crippen molar-refractivity contribution in [3.8, 4) is 11.5 Å². The molecule has 4 nitrogen and oxygen atoms in total. The zero-order valence-corrected chi connectivity index (χ0v) is 11.6. The van der Waals surface area contributed by atoms with Crippen molar-refractivity contribution in [2.45, 2.75) is 12.8 Å². The number of hydrogen-bond donors (Lipinski definition) is 0. The Morgan fingerprint density at radius 2 is 1.95 bits per heavy atom. The molecule has 2 rings (SSSR count). The topological polar surface area (TPSA) is 30.9 Å². The fraction of sp³-hybridized carbons (Fsp3) is 0.600. The summed E-state index contributed by atoms with van der Waals surface area (Å²) in [5, 5.41) is 0. The molecule has 1 aromatic rings. The van der Waals surface area contributed by atoms with Gasteiger partial charge >= 0.3 is 0 Å². The van der Waals surface area contributed by atoms with E-state index in [0.717, 1.165) is 57.4 Å². The highest BCUT2D eigenvalue weighted by molar-refractivity contribution is 5.32. The molecular formula is C15H23NO3. The molecule has 0 spiro atoms. The number of nitrogens with zero attached hydrogens (tertiary/aromatic N) is 1.